The van der Waals surface area contributed by atoms with E-state index in [4.69, 9.17) is 9.94 Å². The maximum atomic E-state index is 10.9. The third kappa shape index (κ3) is 3.86. The lowest BCUT2D eigenvalue weighted by Crippen LogP contribution is -2.22. The van der Waals surface area contributed by atoms with Gasteiger partial charge in [-0.3, -0.25) is 9.63 Å². The van der Waals surface area contributed by atoms with Gasteiger partial charge in [-0.05, 0) is 0 Å². The molecule has 0 fully saturated rings. The van der Waals surface area contributed by atoms with E-state index >= 15 is 0 Å². The fraction of sp³-hybridized carbons (Fsp3) is 0.200. The number of carbonyl (C=O) groups excluding carboxylic acids is 1. The van der Waals surface area contributed by atoms with Crippen LogP contribution < -0.4 is 5.06 Å². The lowest BCUT2D eigenvalue weighted by molar-refractivity contribution is -0.129. The van der Waals surface area contributed by atoms with Gasteiger partial charge in [0, 0.05) is 5.38 Å². The maximum Gasteiger partial charge on any atom is 0.360 e. The number of carbonyl (C=O) groups is 2. The quantitative estimate of drug-likeness (QED) is 0.326. The number of hydrogen-bond acceptors (Lipinski definition) is 7. The number of aromatic nitrogens is 1. The highest BCUT2D eigenvalue weighted by atomic mass is 32.1. The van der Waals surface area contributed by atoms with E-state index in [0.717, 1.165) is 16.4 Å². The fourth-order valence-corrected chi connectivity index (χ4v) is 1.76. The van der Waals surface area contributed by atoms with E-state index < -0.39 is 5.97 Å². The summed E-state index contributed by atoms with van der Waals surface area (Å²) in [7, 11) is 1.22. The SMILES string of the molecule is C=CCON(C=O)c1nc(C(=NOC)C(=O)O)cs1. The van der Waals surface area contributed by atoms with Crippen LogP contribution in [0.15, 0.2) is 23.2 Å². The van der Waals surface area contributed by atoms with Crippen molar-refractivity contribution in [2.24, 2.45) is 5.16 Å². The van der Waals surface area contributed by atoms with Crippen molar-refractivity contribution in [2.45, 2.75) is 0 Å². The number of amides is 1. The van der Waals surface area contributed by atoms with Gasteiger partial charge in [-0.25, -0.2) is 9.78 Å². The molecule has 0 unspecified atom stereocenters. The first-order chi connectivity index (χ1) is 9.13. The summed E-state index contributed by atoms with van der Waals surface area (Å²) in [6.45, 7) is 3.56. The Morgan fingerprint density at radius 3 is 3.00 bits per heavy atom. The minimum atomic E-state index is -1.29. The molecule has 1 rings (SSSR count). The lowest BCUT2D eigenvalue weighted by Gasteiger charge is -2.11. The molecule has 1 aromatic rings. The van der Waals surface area contributed by atoms with Gasteiger partial charge in [-0.1, -0.05) is 11.2 Å². The molecule has 19 heavy (non-hydrogen) atoms. The van der Waals surface area contributed by atoms with Crippen LogP contribution in [-0.2, 0) is 19.3 Å². The number of oxime groups is 1. The highest BCUT2D eigenvalue weighted by molar-refractivity contribution is 7.14. The number of hydrogen-bond donors (Lipinski definition) is 1. The molecule has 0 aliphatic rings. The largest absolute Gasteiger partial charge is 0.476 e. The summed E-state index contributed by atoms with van der Waals surface area (Å²) < 4.78 is 0. The van der Waals surface area contributed by atoms with E-state index in [9.17, 15) is 9.59 Å². The monoisotopic (exact) mass is 285 g/mol. The Kier molecular flexibility index (Phi) is 5.64. The molecule has 0 spiro atoms. The normalized spacial score (nSPS) is 10.9. The topological polar surface area (TPSA) is 101 Å². The zero-order valence-corrected chi connectivity index (χ0v) is 10.8. The summed E-state index contributed by atoms with van der Waals surface area (Å²) in [5.41, 5.74) is -0.289. The first kappa shape index (κ1) is 14.8. The van der Waals surface area contributed by atoms with Crippen LogP contribution in [-0.4, -0.2) is 41.9 Å². The molecule has 0 aromatic carbocycles. The Hall–Kier alpha value is -2.26. The van der Waals surface area contributed by atoms with Crippen LogP contribution in [0.1, 0.15) is 5.69 Å². The Morgan fingerprint density at radius 1 is 1.74 bits per heavy atom. The van der Waals surface area contributed by atoms with Crippen LogP contribution in [0.2, 0.25) is 0 Å². The number of anilines is 1. The van der Waals surface area contributed by atoms with Crippen molar-refractivity contribution < 1.29 is 24.4 Å². The molecule has 0 saturated carbocycles. The lowest BCUT2D eigenvalue weighted by atomic mass is 10.3. The highest BCUT2D eigenvalue weighted by Gasteiger charge is 2.19. The van der Waals surface area contributed by atoms with E-state index in [0.29, 0.717) is 6.41 Å². The first-order valence-corrected chi connectivity index (χ1v) is 5.80. The average molecular weight is 285 g/mol. The van der Waals surface area contributed by atoms with Crippen LogP contribution in [0.25, 0.3) is 0 Å². The van der Waals surface area contributed by atoms with Crippen LogP contribution in [0.4, 0.5) is 5.13 Å². The molecule has 8 nitrogen and oxygen atoms in total. The fourth-order valence-electron chi connectivity index (χ4n) is 1.02. The molecule has 102 valence electrons. The first-order valence-electron chi connectivity index (χ1n) is 4.92. The molecule has 0 saturated heterocycles. The summed E-state index contributed by atoms with van der Waals surface area (Å²) in [6.07, 6.45) is 1.88. The number of aliphatic carboxylic acids is 1. The molecule has 0 aliphatic carbocycles. The summed E-state index contributed by atoms with van der Waals surface area (Å²) in [5, 5.41) is 14.8. The molecule has 0 bridgehead atoms. The van der Waals surface area contributed by atoms with Crippen molar-refractivity contribution in [3.63, 3.8) is 0 Å². The Labute approximate surface area is 112 Å². The van der Waals surface area contributed by atoms with Gasteiger partial charge >= 0.3 is 5.97 Å². The maximum absolute atomic E-state index is 10.9. The van der Waals surface area contributed by atoms with Gasteiger partial charge in [0.1, 0.15) is 12.8 Å². The molecular weight excluding hydrogens is 274 g/mol. The van der Waals surface area contributed by atoms with Gasteiger partial charge < -0.3 is 9.94 Å². The number of nitrogens with zero attached hydrogens (tertiary/aromatic N) is 3. The molecule has 1 heterocycles. The number of carboxylic acid groups (broad SMARTS) is 1. The molecule has 0 atom stereocenters. The molecule has 0 aliphatic heterocycles. The van der Waals surface area contributed by atoms with E-state index in [2.05, 4.69) is 21.6 Å². The van der Waals surface area contributed by atoms with Crippen LogP contribution in [0.5, 0.6) is 0 Å². The van der Waals surface area contributed by atoms with Gasteiger partial charge in [-0.15, -0.1) is 17.9 Å². The zero-order chi connectivity index (χ0) is 14.3. The van der Waals surface area contributed by atoms with Crippen LogP contribution >= 0.6 is 11.3 Å². The average Bonchev–Trinajstić information content (AvgIpc) is 2.86. The zero-order valence-electron chi connectivity index (χ0n) is 9.98. The van der Waals surface area contributed by atoms with Gasteiger partial charge in [0.2, 0.25) is 17.3 Å². The molecule has 1 aromatic heterocycles. The van der Waals surface area contributed by atoms with Crippen LogP contribution in [0.3, 0.4) is 0 Å². The van der Waals surface area contributed by atoms with E-state index in [1.54, 1.807) is 0 Å². The predicted octanol–water partition coefficient (Wildman–Crippen LogP) is 0.659. The van der Waals surface area contributed by atoms with Crippen LogP contribution in [0, 0.1) is 0 Å². The van der Waals surface area contributed by atoms with E-state index in [-0.39, 0.29) is 23.1 Å². The number of carboxylic acids is 1. The third-order valence-corrected chi connectivity index (χ3v) is 2.56. The summed E-state index contributed by atoms with van der Waals surface area (Å²) in [6, 6.07) is 0. The molecular formula is C10H11N3O5S. The number of thiazole rings is 1. The van der Waals surface area contributed by atoms with E-state index in [1.165, 1.54) is 18.6 Å². The Morgan fingerprint density at radius 2 is 2.47 bits per heavy atom. The van der Waals surface area contributed by atoms with Crippen molar-refractivity contribution in [1.82, 2.24) is 4.98 Å². The van der Waals surface area contributed by atoms with Gasteiger partial charge in [0.15, 0.2) is 0 Å². The van der Waals surface area contributed by atoms with Crippen molar-refractivity contribution in [3.05, 3.63) is 23.7 Å². The smallest absolute Gasteiger partial charge is 0.360 e. The summed E-state index contributed by atoms with van der Waals surface area (Å²) in [4.78, 5) is 35.1. The Bertz CT molecular complexity index is 499. The van der Waals surface area contributed by atoms with Gasteiger partial charge in [0.05, 0.1) is 6.61 Å². The summed E-state index contributed by atoms with van der Waals surface area (Å²) in [5.74, 6) is -1.29. The second-order valence-electron chi connectivity index (χ2n) is 2.96. The molecule has 0 radical (unpaired) electrons. The van der Waals surface area contributed by atoms with E-state index in [1.807, 2.05) is 0 Å². The van der Waals surface area contributed by atoms with Gasteiger partial charge in [-0.2, -0.15) is 5.06 Å². The molecule has 9 heteroatoms. The minimum Gasteiger partial charge on any atom is -0.476 e. The van der Waals surface area contributed by atoms with Crippen molar-refractivity contribution in [1.29, 1.82) is 0 Å². The molecule has 1 N–H and O–H groups in total. The van der Waals surface area contributed by atoms with Crippen molar-refractivity contribution in [2.75, 3.05) is 18.8 Å². The second-order valence-corrected chi connectivity index (χ2v) is 3.80. The second kappa shape index (κ2) is 7.24. The van der Waals surface area contributed by atoms with Crippen molar-refractivity contribution in [3.8, 4) is 0 Å². The molecule has 1 amide bonds. The standard InChI is InChI=1S/C10H11N3O5S/c1-3-4-18-13(6-14)10-11-7(5-19-10)8(9(15)16)12-17-2/h3,5-6H,1,4H2,2H3,(H,15,16). The summed E-state index contributed by atoms with van der Waals surface area (Å²) >= 11 is 1.03. The van der Waals surface area contributed by atoms with Crippen molar-refractivity contribution >= 4 is 34.6 Å². The predicted molar refractivity (Wildman–Crippen MR) is 68.0 cm³/mol. The number of rotatable bonds is 8. The minimum absolute atomic E-state index is 0.0726. The third-order valence-electron chi connectivity index (χ3n) is 1.74. The highest BCUT2D eigenvalue weighted by Crippen LogP contribution is 2.20. The Balaban J connectivity index is 2.97. The number of hydroxylamine groups is 1. The van der Waals surface area contributed by atoms with Gasteiger partial charge in [0.25, 0.3) is 0 Å².